The Bertz CT molecular complexity index is 559. The van der Waals surface area contributed by atoms with Crippen LogP contribution >= 0.6 is 0 Å². The number of alkyl halides is 2. The quantitative estimate of drug-likeness (QED) is 0.817. The van der Waals surface area contributed by atoms with Crippen LogP contribution in [-0.2, 0) is 12.5 Å². The number of nitrogens with zero attached hydrogens (tertiary/aromatic N) is 3. The molecule has 0 aliphatic carbocycles. The number of aromatic nitrogens is 3. The summed E-state index contributed by atoms with van der Waals surface area (Å²) in [5.41, 5.74) is 5.90. The van der Waals surface area contributed by atoms with Gasteiger partial charge in [-0.25, -0.2) is 18.4 Å². The largest absolute Gasteiger partial charge is 0.394 e. The topological polar surface area (TPSA) is 77.0 Å². The molecule has 0 saturated carbocycles. The van der Waals surface area contributed by atoms with Crippen LogP contribution in [-0.4, -0.2) is 26.5 Å². The van der Waals surface area contributed by atoms with Crippen molar-refractivity contribution in [2.24, 2.45) is 5.73 Å². The maximum absolute atomic E-state index is 14.1. The standard InChI is InChI=1S/C14H18F2N4O/c15-14(16,11-4-2-1-3-5-11)7-6-12(17)13-18-10-19-20(13)8-9-21/h1-5,10,12,21H,6-9,17H2. The minimum absolute atomic E-state index is 0.0194. The smallest absolute Gasteiger partial charge is 0.273 e. The lowest BCUT2D eigenvalue weighted by atomic mass is 10.0. The lowest BCUT2D eigenvalue weighted by molar-refractivity contribution is -0.0171. The highest BCUT2D eigenvalue weighted by molar-refractivity contribution is 5.19. The summed E-state index contributed by atoms with van der Waals surface area (Å²) in [6, 6.07) is 7.03. The van der Waals surface area contributed by atoms with Gasteiger partial charge in [0.15, 0.2) is 0 Å². The van der Waals surface area contributed by atoms with E-state index in [0.717, 1.165) is 0 Å². The fourth-order valence-electron chi connectivity index (χ4n) is 2.12. The number of aliphatic hydroxyl groups is 1. The van der Waals surface area contributed by atoms with Crippen molar-refractivity contribution in [3.05, 3.63) is 48.0 Å². The van der Waals surface area contributed by atoms with Crippen LogP contribution in [0.2, 0.25) is 0 Å². The predicted molar refractivity (Wildman–Crippen MR) is 73.6 cm³/mol. The van der Waals surface area contributed by atoms with E-state index in [1.54, 1.807) is 18.2 Å². The second-order valence-corrected chi connectivity index (χ2v) is 4.78. The number of aliphatic hydroxyl groups excluding tert-OH is 1. The Labute approximate surface area is 121 Å². The molecular weight excluding hydrogens is 278 g/mol. The summed E-state index contributed by atoms with van der Waals surface area (Å²) >= 11 is 0. The van der Waals surface area contributed by atoms with E-state index in [1.807, 2.05) is 0 Å². The third-order valence-electron chi connectivity index (χ3n) is 3.25. The minimum Gasteiger partial charge on any atom is -0.394 e. The highest BCUT2D eigenvalue weighted by Gasteiger charge is 2.32. The minimum atomic E-state index is -2.93. The van der Waals surface area contributed by atoms with Crippen molar-refractivity contribution >= 4 is 0 Å². The van der Waals surface area contributed by atoms with Gasteiger partial charge in [0.1, 0.15) is 12.2 Å². The molecule has 0 amide bonds. The number of hydrogen-bond donors (Lipinski definition) is 2. The average Bonchev–Trinajstić information content (AvgIpc) is 2.95. The number of nitrogens with two attached hydrogens (primary N) is 1. The molecule has 3 N–H and O–H groups in total. The molecule has 0 fully saturated rings. The third-order valence-corrected chi connectivity index (χ3v) is 3.25. The molecule has 21 heavy (non-hydrogen) atoms. The SMILES string of the molecule is NC(CCC(F)(F)c1ccccc1)c1ncnn1CCO. The van der Waals surface area contributed by atoms with Gasteiger partial charge < -0.3 is 10.8 Å². The average molecular weight is 296 g/mol. The molecule has 1 aromatic carbocycles. The summed E-state index contributed by atoms with van der Waals surface area (Å²) in [4.78, 5) is 3.98. The molecule has 0 bridgehead atoms. The zero-order chi connectivity index (χ0) is 15.3. The van der Waals surface area contributed by atoms with Gasteiger partial charge in [0, 0.05) is 12.0 Å². The molecule has 2 aromatic rings. The third kappa shape index (κ3) is 3.83. The van der Waals surface area contributed by atoms with Crippen molar-refractivity contribution in [1.82, 2.24) is 14.8 Å². The number of hydrogen-bond acceptors (Lipinski definition) is 4. The van der Waals surface area contributed by atoms with Crippen molar-refractivity contribution in [1.29, 1.82) is 0 Å². The summed E-state index contributed by atoms with van der Waals surface area (Å²) < 4.78 is 29.6. The van der Waals surface area contributed by atoms with Gasteiger partial charge in [0.25, 0.3) is 5.92 Å². The van der Waals surface area contributed by atoms with E-state index in [-0.39, 0.29) is 31.6 Å². The molecular formula is C14H18F2N4O. The Hall–Kier alpha value is -1.86. The Morgan fingerprint density at radius 1 is 1.29 bits per heavy atom. The molecule has 7 heteroatoms. The summed E-state index contributed by atoms with van der Waals surface area (Å²) in [5, 5.41) is 12.8. The molecule has 0 radical (unpaired) electrons. The summed E-state index contributed by atoms with van der Waals surface area (Å²) in [7, 11) is 0. The van der Waals surface area contributed by atoms with E-state index >= 15 is 0 Å². The van der Waals surface area contributed by atoms with Crippen LogP contribution in [0.3, 0.4) is 0 Å². The highest BCUT2D eigenvalue weighted by atomic mass is 19.3. The summed E-state index contributed by atoms with van der Waals surface area (Å²) in [6.45, 7) is 0.140. The molecule has 1 unspecified atom stereocenters. The Morgan fingerprint density at radius 3 is 2.67 bits per heavy atom. The van der Waals surface area contributed by atoms with Gasteiger partial charge in [0.05, 0.1) is 19.2 Å². The molecule has 2 rings (SSSR count). The van der Waals surface area contributed by atoms with Crippen LogP contribution in [0.1, 0.15) is 30.3 Å². The van der Waals surface area contributed by atoms with Crippen LogP contribution < -0.4 is 5.73 Å². The first-order valence-corrected chi connectivity index (χ1v) is 6.72. The van der Waals surface area contributed by atoms with Crippen molar-refractivity contribution in [3.8, 4) is 0 Å². The van der Waals surface area contributed by atoms with E-state index in [9.17, 15) is 8.78 Å². The van der Waals surface area contributed by atoms with Crippen LogP contribution in [0.15, 0.2) is 36.7 Å². The maximum Gasteiger partial charge on any atom is 0.273 e. The molecule has 1 atom stereocenters. The zero-order valence-electron chi connectivity index (χ0n) is 11.5. The zero-order valence-corrected chi connectivity index (χ0v) is 11.5. The fourth-order valence-corrected chi connectivity index (χ4v) is 2.12. The van der Waals surface area contributed by atoms with Crippen molar-refractivity contribution in [2.75, 3.05) is 6.61 Å². The Kier molecular flexibility index (Phi) is 4.98. The van der Waals surface area contributed by atoms with Crippen LogP contribution in [0.5, 0.6) is 0 Å². The van der Waals surface area contributed by atoms with E-state index in [1.165, 1.54) is 23.1 Å². The van der Waals surface area contributed by atoms with E-state index in [4.69, 9.17) is 10.8 Å². The lowest BCUT2D eigenvalue weighted by Gasteiger charge is -2.19. The molecule has 0 aliphatic rings. The maximum atomic E-state index is 14.1. The van der Waals surface area contributed by atoms with Gasteiger partial charge in [0.2, 0.25) is 0 Å². The molecule has 1 aromatic heterocycles. The van der Waals surface area contributed by atoms with Gasteiger partial charge in [-0.1, -0.05) is 30.3 Å². The number of benzene rings is 1. The van der Waals surface area contributed by atoms with Crippen molar-refractivity contribution in [2.45, 2.75) is 31.4 Å². The van der Waals surface area contributed by atoms with Gasteiger partial charge in [-0.3, -0.25) is 0 Å². The van der Waals surface area contributed by atoms with Gasteiger partial charge in [-0.15, -0.1) is 0 Å². The molecule has 1 heterocycles. The van der Waals surface area contributed by atoms with Crippen molar-refractivity contribution in [3.63, 3.8) is 0 Å². The van der Waals surface area contributed by atoms with Crippen LogP contribution in [0, 0.1) is 0 Å². The molecule has 114 valence electrons. The molecule has 5 nitrogen and oxygen atoms in total. The van der Waals surface area contributed by atoms with E-state index in [2.05, 4.69) is 10.1 Å². The predicted octanol–water partition coefficient (Wildman–Crippen LogP) is 1.84. The second kappa shape index (κ2) is 6.73. The normalized spacial score (nSPS) is 13.3. The Balaban J connectivity index is 2.00. The molecule has 0 saturated heterocycles. The summed E-state index contributed by atoms with van der Waals surface area (Å²) in [5.74, 6) is -2.52. The lowest BCUT2D eigenvalue weighted by Crippen LogP contribution is -2.22. The first-order chi connectivity index (χ1) is 10.0. The molecule has 0 aliphatic heterocycles. The number of halogens is 2. The monoisotopic (exact) mass is 296 g/mol. The van der Waals surface area contributed by atoms with E-state index in [0.29, 0.717) is 5.82 Å². The van der Waals surface area contributed by atoms with E-state index < -0.39 is 12.0 Å². The van der Waals surface area contributed by atoms with Gasteiger partial charge in [-0.2, -0.15) is 5.10 Å². The van der Waals surface area contributed by atoms with Crippen LogP contribution in [0.25, 0.3) is 0 Å². The highest BCUT2D eigenvalue weighted by Crippen LogP contribution is 2.34. The second-order valence-electron chi connectivity index (χ2n) is 4.78. The first kappa shape index (κ1) is 15.5. The van der Waals surface area contributed by atoms with Crippen molar-refractivity contribution < 1.29 is 13.9 Å². The summed E-state index contributed by atoms with van der Waals surface area (Å²) in [6.07, 6.45) is 1.01. The Morgan fingerprint density at radius 2 is 2.00 bits per heavy atom. The number of rotatable bonds is 7. The van der Waals surface area contributed by atoms with Crippen LogP contribution in [0.4, 0.5) is 8.78 Å². The molecule has 0 spiro atoms. The van der Waals surface area contributed by atoms with Gasteiger partial charge in [-0.05, 0) is 6.42 Å². The first-order valence-electron chi connectivity index (χ1n) is 6.72. The fraction of sp³-hybridized carbons (Fsp3) is 0.429. The van der Waals surface area contributed by atoms with Gasteiger partial charge >= 0.3 is 0 Å².